The average Bonchev–Trinajstić information content (AvgIpc) is 3.09. The fourth-order valence-corrected chi connectivity index (χ4v) is 4.11. The molecule has 5 heteroatoms. The third-order valence-electron chi connectivity index (χ3n) is 4.67. The Bertz CT molecular complexity index is 648. The molecule has 0 radical (unpaired) electrons. The predicted octanol–water partition coefficient (Wildman–Crippen LogP) is 3.20. The number of amides is 1. The molecule has 1 N–H and O–H groups in total. The summed E-state index contributed by atoms with van der Waals surface area (Å²) in [7, 11) is 2.00. The second kappa shape index (κ2) is 8.40. The molecule has 0 atom stereocenters. The van der Waals surface area contributed by atoms with Crippen LogP contribution in [-0.2, 0) is 6.42 Å². The molecule has 128 valence electrons. The Morgan fingerprint density at radius 1 is 1.29 bits per heavy atom. The van der Waals surface area contributed by atoms with E-state index in [0.29, 0.717) is 0 Å². The summed E-state index contributed by atoms with van der Waals surface area (Å²) in [6.07, 6.45) is 5.98. The van der Waals surface area contributed by atoms with Crippen LogP contribution >= 0.6 is 11.3 Å². The Kier molecular flexibility index (Phi) is 5.99. The highest BCUT2D eigenvalue weighted by Crippen LogP contribution is 2.24. The summed E-state index contributed by atoms with van der Waals surface area (Å²) in [5, 5.41) is 4.22. The normalized spacial score (nSPS) is 15.6. The lowest BCUT2D eigenvalue weighted by Crippen LogP contribution is -2.38. The van der Waals surface area contributed by atoms with Crippen LogP contribution in [0.2, 0.25) is 0 Å². The zero-order valence-corrected chi connectivity index (χ0v) is 15.0. The molecule has 1 saturated heterocycles. The fourth-order valence-electron chi connectivity index (χ4n) is 3.19. The molecule has 1 aliphatic rings. The van der Waals surface area contributed by atoms with Crippen LogP contribution in [0.5, 0.6) is 0 Å². The van der Waals surface area contributed by atoms with Gasteiger partial charge in [0.2, 0.25) is 0 Å². The lowest BCUT2D eigenvalue weighted by molar-refractivity contribution is 0.0692. The van der Waals surface area contributed by atoms with Crippen molar-refractivity contribution in [3.63, 3.8) is 0 Å². The number of thiazole rings is 1. The topological polar surface area (TPSA) is 45.2 Å². The van der Waals surface area contributed by atoms with Crippen molar-refractivity contribution in [1.29, 1.82) is 0 Å². The lowest BCUT2D eigenvalue weighted by Gasteiger charge is -2.31. The van der Waals surface area contributed by atoms with Gasteiger partial charge in [0.1, 0.15) is 4.88 Å². The molecule has 24 heavy (non-hydrogen) atoms. The number of aromatic nitrogens is 1. The third kappa shape index (κ3) is 4.42. The number of benzene rings is 1. The summed E-state index contributed by atoms with van der Waals surface area (Å²) in [5.41, 5.74) is 1.23. The number of likely N-dealkylation sites (tertiary alicyclic amines) is 1. The second-order valence-electron chi connectivity index (χ2n) is 6.41. The van der Waals surface area contributed by atoms with Gasteiger partial charge in [-0.25, -0.2) is 4.98 Å². The Balaban J connectivity index is 1.54. The minimum Gasteiger partial charge on any atom is -0.338 e. The molecule has 2 heterocycles. The van der Waals surface area contributed by atoms with Gasteiger partial charge in [-0.2, -0.15) is 0 Å². The van der Waals surface area contributed by atoms with Crippen LogP contribution in [0, 0.1) is 5.92 Å². The number of rotatable bonds is 6. The van der Waals surface area contributed by atoms with Crippen molar-refractivity contribution in [3.05, 3.63) is 52.0 Å². The second-order valence-corrected chi connectivity index (χ2v) is 7.52. The SMILES string of the molecule is CNCCC1CCN(C(=O)c2cnc(Cc3ccccc3)s2)CC1. The van der Waals surface area contributed by atoms with Gasteiger partial charge < -0.3 is 10.2 Å². The molecule has 0 saturated carbocycles. The van der Waals surface area contributed by atoms with Gasteiger partial charge in [0.15, 0.2) is 0 Å². The molecule has 2 aromatic rings. The van der Waals surface area contributed by atoms with Gasteiger partial charge in [0, 0.05) is 19.5 Å². The minimum atomic E-state index is 0.152. The van der Waals surface area contributed by atoms with Crippen LogP contribution in [0.25, 0.3) is 0 Å². The molecule has 0 spiro atoms. The number of nitrogens with one attached hydrogen (secondary N) is 1. The average molecular weight is 343 g/mol. The Hall–Kier alpha value is -1.72. The summed E-state index contributed by atoms with van der Waals surface area (Å²) < 4.78 is 0. The summed E-state index contributed by atoms with van der Waals surface area (Å²) in [5.74, 6) is 0.899. The van der Waals surface area contributed by atoms with Crippen LogP contribution in [0.1, 0.15) is 39.5 Å². The minimum absolute atomic E-state index is 0.152. The molecular weight excluding hydrogens is 318 g/mol. The van der Waals surface area contributed by atoms with Crippen molar-refractivity contribution in [2.75, 3.05) is 26.7 Å². The van der Waals surface area contributed by atoms with E-state index in [2.05, 4.69) is 22.4 Å². The highest BCUT2D eigenvalue weighted by atomic mass is 32.1. The quantitative estimate of drug-likeness (QED) is 0.876. The molecule has 1 aromatic heterocycles. The van der Waals surface area contributed by atoms with Gasteiger partial charge in [-0.3, -0.25) is 4.79 Å². The Morgan fingerprint density at radius 2 is 2.04 bits per heavy atom. The molecule has 0 bridgehead atoms. The number of hydrogen-bond donors (Lipinski definition) is 1. The Labute approximate surface area is 147 Å². The van der Waals surface area contributed by atoms with E-state index in [1.807, 2.05) is 30.1 Å². The summed E-state index contributed by atoms with van der Waals surface area (Å²) in [6.45, 7) is 2.81. The number of hydrogen-bond acceptors (Lipinski definition) is 4. The van der Waals surface area contributed by atoms with Gasteiger partial charge in [-0.1, -0.05) is 30.3 Å². The number of carbonyl (C=O) groups is 1. The highest BCUT2D eigenvalue weighted by Gasteiger charge is 2.24. The highest BCUT2D eigenvalue weighted by molar-refractivity contribution is 7.13. The van der Waals surface area contributed by atoms with Gasteiger partial charge in [-0.15, -0.1) is 11.3 Å². The fraction of sp³-hybridized carbons (Fsp3) is 0.474. The van der Waals surface area contributed by atoms with Gasteiger partial charge in [0.25, 0.3) is 5.91 Å². The smallest absolute Gasteiger partial charge is 0.265 e. The number of carbonyl (C=O) groups excluding carboxylic acids is 1. The maximum Gasteiger partial charge on any atom is 0.265 e. The van der Waals surface area contributed by atoms with E-state index in [1.165, 1.54) is 23.3 Å². The molecule has 0 aliphatic carbocycles. The monoisotopic (exact) mass is 343 g/mol. The van der Waals surface area contributed by atoms with E-state index in [1.54, 1.807) is 6.20 Å². The molecule has 1 fully saturated rings. The van der Waals surface area contributed by atoms with E-state index in [4.69, 9.17) is 0 Å². The van der Waals surface area contributed by atoms with E-state index in [9.17, 15) is 4.79 Å². The van der Waals surface area contributed by atoms with Crippen molar-refractivity contribution in [1.82, 2.24) is 15.2 Å². The maximum absolute atomic E-state index is 12.7. The number of piperidine rings is 1. The summed E-state index contributed by atoms with van der Waals surface area (Å²) in [4.78, 5) is 19.9. The largest absolute Gasteiger partial charge is 0.338 e. The lowest BCUT2D eigenvalue weighted by atomic mass is 9.93. The number of nitrogens with zero attached hydrogens (tertiary/aromatic N) is 2. The molecule has 1 aliphatic heterocycles. The summed E-state index contributed by atoms with van der Waals surface area (Å²) >= 11 is 1.53. The van der Waals surface area contributed by atoms with Crippen LogP contribution in [0.4, 0.5) is 0 Å². The molecule has 4 nitrogen and oxygen atoms in total. The van der Waals surface area contributed by atoms with Crippen molar-refractivity contribution >= 4 is 17.2 Å². The third-order valence-corrected chi connectivity index (χ3v) is 5.65. The van der Waals surface area contributed by atoms with E-state index in [0.717, 1.165) is 54.7 Å². The molecule has 1 aromatic carbocycles. The van der Waals surface area contributed by atoms with Crippen molar-refractivity contribution in [2.45, 2.75) is 25.7 Å². The first-order valence-electron chi connectivity index (χ1n) is 8.69. The van der Waals surface area contributed by atoms with Crippen molar-refractivity contribution < 1.29 is 4.79 Å². The van der Waals surface area contributed by atoms with Crippen molar-refractivity contribution in [2.24, 2.45) is 5.92 Å². The van der Waals surface area contributed by atoms with Crippen LogP contribution in [0.3, 0.4) is 0 Å². The molecule has 0 unspecified atom stereocenters. The van der Waals surface area contributed by atoms with E-state index < -0.39 is 0 Å². The zero-order valence-electron chi connectivity index (χ0n) is 14.2. The zero-order chi connectivity index (χ0) is 16.8. The van der Waals surface area contributed by atoms with Gasteiger partial charge in [-0.05, 0) is 44.3 Å². The molecule has 1 amide bonds. The standard InChI is InChI=1S/C19H25N3OS/c1-20-10-7-15-8-11-22(12-9-15)19(23)17-14-21-18(24-17)13-16-5-3-2-4-6-16/h2-6,14-15,20H,7-13H2,1H3. The van der Waals surface area contributed by atoms with E-state index >= 15 is 0 Å². The van der Waals surface area contributed by atoms with Crippen LogP contribution in [0.15, 0.2) is 36.5 Å². The van der Waals surface area contributed by atoms with Crippen LogP contribution < -0.4 is 5.32 Å². The predicted molar refractivity (Wildman–Crippen MR) is 98.5 cm³/mol. The Morgan fingerprint density at radius 3 is 2.75 bits per heavy atom. The first-order valence-corrected chi connectivity index (χ1v) is 9.50. The maximum atomic E-state index is 12.7. The molecule has 3 rings (SSSR count). The van der Waals surface area contributed by atoms with Crippen LogP contribution in [-0.4, -0.2) is 42.5 Å². The first-order chi connectivity index (χ1) is 11.8. The van der Waals surface area contributed by atoms with Gasteiger partial charge in [0.05, 0.1) is 11.2 Å². The van der Waals surface area contributed by atoms with E-state index in [-0.39, 0.29) is 5.91 Å². The van der Waals surface area contributed by atoms with Crippen molar-refractivity contribution in [3.8, 4) is 0 Å². The summed E-state index contributed by atoms with van der Waals surface area (Å²) in [6, 6.07) is 10.3. The first kappa shape index (κ1) is 17.1. The van der Waals surface area contributed by atoms with Gasteiger partial charge >= 0.3 is 0 Å². The molecular formula is C19H25N3OS.